The zero-order chi connectivity index (χ0) is 29.9. The van der Waals surface area contributed by atoms with Crippen LogP contribution in [0.4, 0.5) is 0 Å². The highest BCUT2D eigenvalue weighted by molar-refractivity contribution is 6.29. The first-order valence-corrected chi connectivity index (χ1v) is 16.1. The van der Waals surface area contributed by atoms with E-state index in [1.54, 1.807) is 0 Å². The summed E-state index contributed by atoms with van der Waals surface area (Å²) in [6.45, 7) is 0. The average Bonchev–Trinajstić information content (AvgIpc) is 3.11. The largest absolute Gasteiger partial charge is 0.0616 e. The van der Waals surface area contributed by atoms with E-state index < -0.39 is 0 Å². The lowest BCUT2D eigenvalue weighted by Crippen LogP contribution is -1.86. The van der Waals surface area contributed by atoms with Crippen LogP contribution in [-0.2, 0) is 0 Å². The highest BCUT2D eigenvalue weighted by Crippen LogP contribution is 2.40. The maximum Gasteiger partial charge on any atom is -0.00926 e. The lowest BCUT2D eigenvalue weighted by atomic mass is 9.90. The van der Waals surface area contributed by atoms with Crippen LogP contribution in [0.3, 0.4) is 0 Å². The van der Waals surface area contributed by atoms with Gasteiger partial charge in [-0.2, -0.15) is 0 Å². The summed E-state index contributed by atoms with van der Waals surface area (Å²) in [5.74, 6) is 0. The van der Waals surface area contributed by atoms with Gasteiger partial charge in [0.15, 0.2) is 0 Å². The molecule has 0 fully saturated rings. The molecule has 0 bridgehead atoms. The number of benzene rings is 11. The smallest absolute Gasteiger partial charge is 0.00926 e. The molecule has 46 heavy (non-hydrogen) atoms. The van der Waals surface area contributed by atoms with Crippen molar-refractivity contribution in [3.8, 4) is 0 Å². The molecule has 0 radical (unpaired) electrons. The zero-order valence-electron chi connectivity index (χ0n) is 25.0. The van der Waals surface area contributed by atoms with Gasteiger partial charge in [0.2, 0.25) is 0 Å². The molecule has 0 aliphatic heterocycles. The molecule has 0 unspecified atom stereocenters. The molecule has 0 N–H and O–H groups in total. The van der Waals surface area contributed by atoms with Crippen molar-refractivity contribution in [3.63, 3.8) is 0 Å². The molecule has 0 aliphatic rings. The van der Waals surface area contributed by atoms with E-state index in [-0.39, 0.29) is 0 Å². The van der Waals surface area contributed by atoms with Crippen LogP contribution in [0.25, 0.3) is 108 Å². The molecule has 0 aliphatic carbocycles. The zero-order valence-corrected chi connectivity index (χ0v) is 25.0. The molecule has 0 saturated heterocycles. The van der Waals surface area contributed by atoms with Gasteiger partial charge in [0.05, 0.1) is 0 Å². The Hall–Kier alpha value is -5.98. The molecule has 0 spiro atoms. The van der Waals surface area contributed by atoms with E-state index in [0.717, 1.165) is 0 Å². The van der Waals surface area contributed by atoms with E-state index in [4.69, 9.17) is 0 Å². The van der Waals surface area contributed by atoms with E-state index >= 15 is 0 Å². The van der Waals surface area contributed by atoms with Crippen LogP contribution in [-0.4, -0.2) is 0 Å². The number of hydrogen-bond donors (Lipinski definition) is 0. The molecule has 0 heterocycles. The lowest BCUT2D eigenvalue weighted by Gasteiger charge is -2.13. The number of fused-ring (bicyclic) bond motifs is 16. The fraction of sp³-hybridized carbons (Fsp3) is 0. The Kier molecular flexibility index (Phi) is 4.66. The second-order valence-electron chi connectivity index (χ2n) is 12.9. The first kappa shape index (κ1) is 24.4. The molecule has 210 valence electrons. The van der Waals surface area contributed by atoms with Gasteiger partial charge in [-0.3, -0.25) is 0 Å². The van der Waals surface area contributed by atoms with E-state index in [1.807, 2.05) is 0 Å². The Morgan fingerprint density at radius 2 is 0.304 bits per heavy atom. The second-order valence-corrected chi connectivity index (χ2v) is 12.9. The molecular weight excluding hydrogens is 553 g/mol. The first-order chi connectivity index (χ1) is 22.8. The summed E-state index contributed by atoms with van der Waals surface area (Å²) in [5.41, 5.74) is 0. The van der Waals surface area contributed by atoms with Crippen molar-refractivity contribution in [2.24, 2.45) is 0 Å². The van der Waals surface area contributed by atoms with E-state index in [2.05, 4.69) is 158 Å². The molecule has 11 rings (SSSR count). The summed E-state index contributed by atoms with van der Waals surface area (Å²) in [6.07, 6.45) is 0. The van der Waals surface area contributed by atoms with Gasteiger partial charge in [0.25, 0.3) is 0 Å². The third-order valence-electron chi connectivity index (χ3n) is 10.4. The van der Waals surface area contributed by atoms with Gasteiger partial charge in [0.1, 0.15) is 0 Å². The molecule has 0 saturated carbocycles. The monoisotopic (exact) mass is 578 g/mol. The predicted octanol–water partition coefficient (Wildman–Crippen LogP) is 13.2. The van der Waals surface area contributed by atoms with E-state index in [1.165, 1.54) is 108 Å². The fourth-order valence-corrected chi connectivity index (χ4v) is 8.31. The minimum Gasteiger partial charge on any atom is -0.0616 e. The Labute approximate surface area is 264 Å². The van der Waals surface area contributed by atoms with Crippen molar-refractivity contribution >= 4 is 108 Å². The van der Waals surface area contributed by atoms with Gasteiger partial charge in [-0.25, -0.2) is 0 Å². The van der Waals surface area contributed by atoms with Crippen molar-refractivity contribution in [1.29, 1.82) is 0 Å². The molecule has 0 nitrogen and oxygen atoms in total. The van der Waals surface area contributed by atoms with Gasteiger partial charge in [-0.05, 0) is 168 Å². The van der Waals surface area contributed by atoms with Gasteiger partial charge in [-0.1, -0.05) is 97.1 Å². The minimum absolute atomic E-state index is 1.28. The first-order valence-electron chi connectivity index (χ1n) is 16.1. The average molecular weight is 579 g/mol. The molecule has 0 amide bonds. The minimum atomic E-state index is 1.28. The van der Waals surface area contributed by atoms with Gasteiger partial charge in [0, 0.05) is 0 Å². The van der Waals surface area contributed by atoms with E-state index in [9.17, 15) is 0 Å². The predicted molar refractivity (Wildman–Crippen MR) is 202 cm³/mol. The molecule has 0 heteroatoms. The normalized spacial score (nSPS) is 12.3. The lowest BCUT2D eigenvalue weighted by molar-refractivity contribution is 1.79. The van der Waals surface area contributed by atoms with Crippen LogP contribution in [0.1, 0.15) is 0 Å². The summed E-state index contributed by atoms with van der Waals surface area (Å²) < 4.78 is 0. The van der Waals surface area contributed by atoms with Crippen molar-refractivity contribution in [2.45, 2.75) is 0 Å². The highest BCUT2D eigenvalue weighted by Gasteiger charge is 2.13. The van der Waals surface area contributed by atoms with Crippen LogP contribution in [0, 0.1) is 0 Å². The van der Waals surface area contributed by atoms with Crippen molar-refractivity contribution in [2.75, 3.05) is 0 Å². The van der Waals surface area contributed by atoms with Crippen LogP contribution < -0.4 is 0 Å². The summed E-state index contributed by atoms with van der Waals surface area (Å²) in [7, 11) is 0. The third-order valence-corrected chi connectivity index (χ3v) is 10.4. The quantitative estimate of drug-likeness (QED) is 0.124. The summed E-state index contributed by atoms with van der Waals surface area (Å²) >= 11 is 0. The van der Waals surface area contributed by atoms with Crippen LogP contribution in [0.15, 0.2) is 158 Å². The fourth-order valence-electron chi connectivity index (χ4n) is 8.31. The number of hydrogen-bond acceptors (Lipinski definition) is 0. The Morgan fingerprint density at radius 1 is 0.152 bits per heavy atom. The maximum absolute atomic E-state index is 2.41. The van der Waals surface area contributed by atoms with Crippen molar-refractivity contribution in [1.82, 2.24) is 0 Å². The van der Waals surface area contributed by atoms with Gasteiger partial charge in [-0.15, -0.1) is 0 Å². The summed E-state index contributed by atoms with van der Waals surface area (Å²) in [4.78, 5) is 0. The van der Waals surface area contributed by atoms with Crippen molar-refractivity contribution in [3.05, 3.63) is 158 Å². The molecule has 11 aromatic carbocycles. The van der Waals surface area contributed by atoms with E-state index in [0.29, 0.717) is 0 Å². The van der Waals surface area contributed by atoms with Gasteiger partial charge < -0.3 is 0 Å². The maximum atomic E-state index is 2.41. The summed E-state index contributed by atoms with van der Waals surface area (Å²) in [6, 6.07) is 59.3. The SMILES string of the molecule is c1ccc2c(c1)c1ccccc1c1cc3cc4cc5cc6cc7c8ccccc8c8ccccc8c7cc6cc5cc4cc3cc21. The van der Waals surface area contributed by atoms with Crippen molar-refractivity contribution < 1.29 is 0 Å². The molecule has 0 atom stereocenters. The topological polar surface area (TPSA) is 0 Å². The Morgan fingerprint density at radius 3 is 0.500 bits per heavy atom. The Bertz CT molecular complexity index is 2700. The third kappa shape index (κ3) is 3.28. The standard InChI is InChI=1S/C46H26/c1-5-13-39-35(9-1)36-10-2-6-14-40(36)44-24-32-20-28-18-30-22-34-26-46-42-16-8-4-12-38(42)37-11-3-7-15-41(37)45(46)25-33(34)21-29(30)17-27(28)19-31(32)23-43(39)44/h1-26H. The van der Waals surface area contributed by atoms with Crippen LogP contribution in [0.5, 0.6) is 0 Å². The summed E-state index contributed by atoms with van der Waals surface area (Å²) in [5, 5.41) is 26.0. The second kappa shape index (κ2) is 8.81. The highest BCUT2D eigenvalue weighted by atomic mass is 14.2. The van der Waals surface area contributed by atoms with Gasteiger partial charge >= 0.3 is 0 Å². The molecule has 11 aromatic rings. The Balaban J connectivity index is 1.20. The number of rotatable bonds is 0. The molecule has 0 aromatic heterocycles. The van der Waals surface area contributed by atoms with Crippen LogP contribution in [0.2, 0.25) is 0 Å². The molecular formula is C46H26. The van der Waals surface area contributed by atoms with Crippen LogP contribution >= 0.6 is 0 Å².